The standard InChI is InChI=1S/C85H142O17P2/c1-5-9-13-17-21-25-29-33-37-39-43-46-50-54-58-62-66-70-83(88)96-76-81(102-85(90)72-68-64-60-56-52-48-44-40-38-34-30-26-22-18-14-10-6-2)78-100-104(93,94)98-74-79(86)73-97-103(91,92)99-77-80(101-84(89)71-67-63-59-55-51-47-42-36-32-28-24-20-16-12-8-4)75-95-82(87)69-65-61-57-53-49-45-41-35-31-27-23-19-15-11-7-3/h9-11,13-15,21-28,33-38,41-43,46,79-81,86H,5-8,12,16-20,29-32,39-40,44-45,47-78H2,1-4H3,(H,91,92)(H,93,94)/b13-9-,14-10-,15-11-,25-21-,26-22-,27-23-,28-24-,37-33-,38-34-,41-35-,42-36-,46-43-. The minimum absolute atomic E-state index is 0.0711. The molecule has 0 saturated heterocycles. The number of hydrogen-bond donors (Lipinski definition) is 3. The second-order valence-corrected chi connectivity index (χ2v) is 29.1. The summed E-state index contributed by atoms with van der Waals surface area (Å²) in [6.45, 7) is 4.45. The average molecular weight is 1500 g/mol. The van der Waals surface area contributed by atoms with E-state index in [1.165, 1.54) is 19.3 Å². The quantitative estimate of drug-likeness (QED) is 0.0169. The highest BCUT2D eigenvalue weighted by atomic mass is 31.2. The Morgan fingerprint density at radius 1 is 0.279 bits per heavy atom. The van der Waals surface area contributed by atoms with Crippen molar-refractivity contribution in [1.29, 1.82) is 0 Å². The largest absolute Gasteiger partial charge is 0.472 e. The van der Waals surface area contributed by atoms with Crippen LogP contribution in [0.5, 0.6) is 0 Å². The molecule has 0 aromatic rings. The molecule has 0 amide bonds. The highest BCUT2D eigenvalue weighted by Gasteiger charge is 2.30. The molecular formula is C85H142O17P2. The summed E-state index contributed by atoms with van der Waals surface area (Å²) in [5.41, 5.74) is 0. The van der Waals surface area contributed by atoms with E-state index in [4.69, 9.17) is 37.0 Å². The third-order valence-electron chi connectivity index (χ3n) is 16.3. The summed E-state index contributed by atoms with van der Waals surface area (Å²) in [7, 11) is -9.98. The Hall–Kier alpha value is -5.06. The van der Waals surface area contributed by atoms with Crippen molar-refractivity contribution in [2.75, 3.05) is 39.6 Å². The van der Waals surface area contributed by atoms with Gasteiger partial charge in [0.05, 0.1) is 26.4 Å². The zero-order chi connectivity index (χ0) is 76.0. The van der Waals surface area contributed by atoms with Crippen LogP contribution in [-0.2, 0) is 65.4 Å². The van der Waals surface area contributed by atoms with Crippen molar-refractivity contribution in [3.63, 3.8) is 0 Å². The van der Waals surface area contributed by atoms with Gasteiger partial charge in [-0.1, -0.05) is 270 Å². The molecule has 0 aliphatic rings. The molecule has 594 valence electrons. The van der Waals surface area contributed by atoms with Gasteiger partial charge in [-0.2, -0.15) is 0 Å². The molecule has 0 aromatic carbocycles. The highest BCUT2D eigenvalue weighted by Crippen LogP contribution is 2.45. The van der Waals surface area contributed by atoms with Crippen LogP contribution >= 0.6 is 15.6 Å². The van der Waals surface area contributed by atoms with Crippen LogP contribution in [-0.4, -0.2) is 96.7 Å². The minimum Gasteiger partial charge on any atom is -0.462 e. The van der Waals surface area contributed by atoms with Crippen LogP contribution in [0, 0.1) is 0 Å². The molecule has 0 rings (SSSR count). The minimum atomic E-state index is -4.99. The van der Waals surface area contributed by atoms with E-state index >= 15 is 0 Å². The molecule has 5 atom stereocenters. The molecule has 0 saturated carbocycles. The van der Waals surface area contributed by atoms with Crippen LogP contribution < -0.4 is 0 Å². The van der Waals surface area contributed by atoms with Gasteiger partial charge in [0, 0.05) is 25.7 Å². The maximum absolute atomic E-state index is 13.1. The van der Waals surface area contributed by atoms with Crippen LogP contribution in [0.4, 0.5) is 0 Å². The number of aliphatic hydroxyl groups is 1. The second kappa shape index (κ2) is 76.1. The average Bonchev–Trinajstić information content (AvgIpc) is 0.926. The molecule has 0 fully saturated rings. The normalized spacial score (nSPS) is 14.6. The molecule has 0 aliphatic carbocycles. The van der Waals surface area contributed by atoms with Crippen molar-refractivity contribution in [2.24, 2.45) is 0 Å². The lowest BCUT2D eigenvalue weighted by atomic mass is 10.1. The Morgan fingerprint density at radius 2 is 0.500 bits per heavy atom. The van der Waals surface area contributed by atoms with Crippen molar-refractivity contribution in [3.05, 3.63) is 146 Å². The summed E-state index contributed by atoms with van der Waals surface area (Å²) in [5, 5.41) is 10.6. The first-order chi connectivity index (χ1) is 50.7. The lowest BCUT2D eigenvalue weighted by Gasteiger charge is -2.21. The number of phosphoric ester groups is 2. The van der Waals surface area contributed by atoms with Gasteiger partial charge in [0.25, 0.3) is 0 Å². The van der Waals surface area contributed by atoms with Gasteiger partial charge in [-0.3, -0.25) is 37.3 Å². The van der Waals surface area contributed by atoms with E-state index in [2.05, 4.69) is 174 Å². The first-order valence-corrected chi connectivity index (χ1v) is 43.1. The molecule has 19 heteroatoms. The lowest BCUT2D eigenvalue weighted by Crippen LogP contribution is -2.30. The van der Waals surface area contributed by atoms with Crippen molar-refractivity contribution in [2.45, 2.75) is 329 Å². The van der Waals surface area contributed by atoms with E-state index in [1.807, 2.05) is 0 Å². The third-order valence-corrected chi connectivity index (χ3v) is 18.2. The summed E-state index contributed by atoms with van der Waals surface area (Å²) < 4.78 is 68.6. The first-order valence-electron chi connectivity index (χ1n) is 40.1. The van der Waals surface area contributed by atoms with Gasteiger partial charge in [0.2, 0.25) is 0 Å². The summed E-state index contributed by atoms with van der Waals surface area (Å²) in [6.07, 6.45) is 86.7. The molecule has 3 N–H and O–H groups in total. The van der Waals surface area contributed by atoms with Crippen molar-refractivity contribution in [1.82, 2.24) is 0 Å². The van der Waals surface area contributed by atoms with Crippen molar-refractivity contribution in [3.8, 4) is 0 Å². The van der Waals surface area contributed by atoms with Crippen molar-refractivity contribution >= 4 is 39.5 Å². The number of carbonyl (C=O) groups excluding carboxylic acids is 4. The zero-order valence-electron chi connectivity index (χ0n) is 64.9. The van der Waals surface area contributed by atoms with Crippen LogP contribution in [0.2, 0.25) is 0 Å². The summed E-state index contributed by atoms with van der Waals surface area (Å²) >= 11 is 0. The van der Waals surface area contributed by atoms with Gasteiger partial charge < -0.3 is 33.8 Å². The smallest absolute Gasteiger partial charge is 0.462 e. The van der Waals surface area contributed by atoms with Gasteiger partial charge in [0.15, 0.2) is 12.2 Å². The maximum atomic E-state index is 13.1. The molecule has 104 heavy (non-hydrogen) atoms. The zero-order valence-corrected chi connectivity index (χ0v) is 66.7. The maximum Gasteiger partial charge on any atom is 0.472 e. The van der Waals surface area contributed by atoms with Gasteiger partial charge in [-0.05, 0) is 161 Å². The lowest BCUT2D eigenvalue weighted by molar-refractivity contribution is -0.161. The number of hydrogen-bond acceptors (Lipinski definition) is 15. The monoisotopic (exact) mass is 1500 g/mol. The number of carbonyl (C=O) groups is 4. The molecule has 0 radical (unpaired) electrons. The number of unbranched alkanes of at least 4 members (excludes halogenated alkanes) is 24. The van der Waals surface area contributed by atoms with E-state index in [1.54, 1.807) is 0 Å². The number of aliphatic hydroxyl groups excluding tert-OH is 1. The summed E-state index contributed by atoms with van der Waals surface area (Å²) in [4.78, 5) is 73.1. The predicted molar refractivity (Wildman–Crippen MR) is 427 cm³/mol. The van der Waals surface area contributed by atoms with E-state index in [0.717, 1.165) is 212 Å². The molecular weight excluding hydrogens is 1350 g/mol. The number of allylic oxidation sites excluding steroid dienone is 24. The molecule has 0 bridgehead atoms. The van der Waals surface area contributed by atoms with Crippen LogP contribution in [0.3, 0.4) is 0 Å². The second-order valence-electron chi connectivity index (χ2n) is 26.2. The topological polar surface area (TPSA) is 237 Å². The Balaban J connectivity index is 5.43. The molecule has 0 aromatic heterocycles. The van der Waals surface area contributed by atoms with Crippen LogP contribution in [0.1, 0.15) is 310 Å². The highest BCUT2D eigenvalue weighted by molar-refractivity contribution is 7.47. The SMILES string of the molecule is CC/C=C\C/C=C\C/C=C\C/C=C\CCCCCCC(=O)OCC(COP(=O)(O)OCC(O)COP(=O)(O)OCC(COC(=O)CCCCCCC/C=C\C/C=C\C/C=C\CC)OC(=O)CCCCCCC/C=C\C/C=C\CCCCC)OC(=O)CCCCCCCCC/C=C\C/C=C\C/C=C\CC. The van der Waals surface area contributed by atoms with Gasteiger partial charge in [-0.15, -0.1) is 0 Å². The summed E-state index contributed by atoms with van der Waals surface area (Å²) in [5.74, 6) is -2.25. The predicted octanol–water partition coefficient (Wildman–Crippen LogP) is 23.4. The van der Waals surface area contributed by atoms with Crippen LogP contribution in [0.25, 0.3) is 0 Å². The number of esters is 4. The fraction of sp³-hybridized carbons (Fsp3) is 0.671. The molecule has 5 unspecified atom stereocenters. The van der Waals surface area contributed by atoms with Gasteiger partial charge in [0.1, 0.15) is 19.3 Å². The Morgan fingerprint density at radius 3 is 0.769 bits per heavy atom. The molecule has 17 nitrogen and oxygen atoms in total. The third kappa shape index (κ3) is 75.2. The van der Waals surface area contributed by atoms with Gasteiger partial charge in [-0.25, -0.2) is 9.13 Å². The fourth-order valence-electron chi connectivity index (χ4n) is 10.3. The Bertz CT molecular complexity index is 2540. The molecule has 0 aliphatic heterocycles. The van der Waals surface area contributed by atoms with E-state index in [-0.39, 0.29) is 25.7 Å². The van der Waals surface area contributed by atoms with Crippen LogP contribution in [0.15, 0.2) is 146 Å². The van der Waals surface area contributed by atoms with E-state index in [9.17, 15) is 43.2 Å². The van der Waals surface area contributed by atoms with E-state index in [0.29, 0.717) is 25.7 Å². The summed E-state index contributed by atoms with van der Waals surface area (Å²) in [6, 6.07) is 0. The van der Waals surface area contributed by atoms with Crippen molar-refractivity contribution < 1.29 is 80.2 Å². The fourth-order valence-corrected chi connectivity index (χ4v) is 11.8. The Kier molecular flexibility index (Phi) is 72.4. The molecule has 0 heterocycles. The number of rotatable bonds is 74. The Labute approximate surface area is 630 Å². The number of phosphoric acid groups is 2. The van der Waals surface area contributed by atoms with E-state index < -0.39 is 97.5 Å². The van der Waals surface area contributed by atoms with Gasteiger partial charge >= 0.3 is 39.5 Å². The molecule has 0 spiro atoms. The first kappa shape index (κ1) is 98.9. The number of ether oxygens (including phenoxy) is 4.